The van der Waals surface area contributed by atoms with E-state index in [1.54, 1.807) is 6.07 Å². The first-order valence-corrected chi connectivity index (χ1v) is 8.28. The summed E-state index contributed by atoms with van der Waals surface area (Å²) < 4.78 is 10.9. The van der Waals surface area contributed by atoms with Gasteiger partial charge in [0, 0.05) is 6.61 Å². The third-order valence-electron chi connectivity index (χ3n) is 4.37. The van der Waals surface area contributed by atoms with Crippen LogP contribution in [0.4, 0.5) is 10.5 Å². The normalized spacial score (nSPS) is 21.9. The van der Waals surface area contributed by atoms with Crippen molar-refractivity contribution in [1.82, 2.24) is 10.6 Å². The Bertz CT molecular complexity index is 628. The zero-order valence-electron chi connectivity index (χ0n) is 13.9. The molecule has 0 radical (unpaired) electrons. The Morgan fingerprint density at radius 1 is 1.33 bits per heavy atom. The van der Waals surface area contributed by atoms with Crippen LogP contribution in [0.3, 0.4) is 0 Å². The van der Waals surface area contributed by atoms with Gasteiger partial charge in [0.25, 0.3) is 5.91 Å². The summed E-state index contributed by atoms with van der Waals surface area (Å²) in [6.45, 7) is 4.64. The average Bonchev–Trinajstić information content (AvgIpc) is 3.08. The summed E-state index contributed by atoms with van der Waals surface area (Å²) in [5, 5.41) is 8.60. The first kappa shape index (κ1) is 16.6. The van der Waals surface area contributed by atoms with Gasteiger partial charge in [0.05, 0.1) is 23.9 Å². The Morgan fingerprint density at radius 2 is 2.17 bits per heavy atom. The molecule has 7 heteroatoms. The highest BCUT2D eigenvalue weighted by Crippen LogP contribution is 2.30. The van der Waals surface area contributed by atoms with Crippen LogP contribution in [-0.4, -0.2) is 37.3 Å². The fourth-order valence-electron chi connectivity index (χ4n) is 2.99. The van der Waals surface area contributed by atoms with Crippen molar-refractivity contribution in [3.8, 4) is 5.75 Å². The van der Waals surface area contributed by atoms with E-state index < -0.39 is 0 Å². The number of hydrogen-bond donors (Lipinski definition) is 3. The lowest BCUT2D eigenvalue weighted by Gasteiger charge is -2.23. The Hall–Kier alpha value is -2.28. The van der Waals surface area contributed by atoms with Crippen molar-refractivity contribution in [3.63, 3.8) is 0 Å². The summed E-state index contributed by atoms with van der Waals surface area (Å²) in [4.78, 5) is 23.6. The number of anilines is 1. The molecule has 0 unspecified atom stereocenters. The number of hydrogen-bond acceptors (Lipinski definition) is 4. The molecule has 0 aromatic heterocycles. The second kappa shape index (κ2) is 7.09. The van der Waals surface area contributed by atoms with Gasteiger partial charge >= 0.3 is 6.03 Å². The minimum atomic E-state index is -0.233. The predicted molar refractivity (Wildman–Crippen MR) is 89.1 cm³/mol. The summed E-state index contributed by atoms with van der Waals surface area (Å²) in [6, 6.07) is 5.03. The quantitative estimate of drug-likeness (QED) is 0.786. The summed E-state index contributed by atoms with van der Waals surface area (Å²) >= 11 is 0. The van der Waals surface area contributed by atoms with E-state index in [1.165, 1.54) is 0 Å². The van der Waals surface area contributed by atoms with Crippen LogP contribution in [0.5, 0.6) is 5.75 Å². The van der Waals surface area contributed by atoms with E-state index in [9.17, 15) is 9.59 Å². The number of benzene rings is 1. The van der Waals surface area contributed by atoms with Gasteiger partial charge in [-0.15, -0.1) is 0 Å². The van der Waals surface area contributed by atoms with Crippen molar-refractivity contribution in [2.45, 2.75) is 44.9 Å². The lowest BCUT2D eigenvalue weighted by Crippen LogP contribution is -2.46. The summed E-state index contributed by atoms with van der Waals surface area (Å²) in [6.07, 6.45) is 2.10. The number of urea groups is 1. The number of fused-ring (bicyclic) bond motifs is 1. The summed E-state index contributed by atoms with van der Waals surface area (Å²) in [5.41, 5.74) is 1.52. The molecule has 0 aliphatic carbocycles. The van der Waals surface area contributed by atoms with Gasteiger partial charge < -0.3 is 25.4 Å². The molecule has 1 aromatic rings. The summed E-state index contributed by atoms with van der Waals surface area (Å²) in [7, 11) is 0. The van der Waals surface area contributed by atoms with Gasteiger partial charge in [-0.05, 0) is 44.4 Å². The smallest absolute Gasteiger partial charge is 0.315 e. The fraction of sp³-hybridized carbons (Fsp3) is 0.529. The van der Waals surface area contributed by atoms with Crippen LogP contribution in [-0.2, 0) is 9.53 Å². The number of ether oxygens (including phenoxy) is 2. The zero-order chi connectivity index (χ0) is 17.1. The third kappa shape index (κ3) is 3.79. The Balaban J connectivity index is 1.58. The van der Waals surface area contributed by atoms with E-state index in [0.29, 0.717) is 11.4 Å². The van der Waals surface area contributed by atoms with Crippen molar-refractivity contribution in [1.29, 1.82) is 0 Å². The Morgan fingerprint density at radius 3 is 2.92 bits per heavy atom. The van der Waals surface area contributed by atoms with Gasteiger partial charge in [-0.3, -0.25) is 4.79 Å². The number of rotatable bonds is 4. The van der Waals surface area contributed by atoms with Crippen molar-refractivity contribution in [3.05, 3.63) is 23.8 Å². The van der Waals surface area contributed by atoms with Crippen LogP contribution in [0, 0.1) is 0 Å². The van der Waals surface area contributed by atoms with Crippen LogP contribution < -0.4 is 20.7 Å². The minimum Gasteiger partial charge on any atom is -0.482 e. The Labute approximate surface area is 141 Å². The second-order valence-electron chi connectivity index (χ2n) is 6.27. The molecule has 3 amide bonds. The SMILES string of the molecule is C[C@H](NC(=O)N[C@@H](C)[C@@H]1CCCO1)c1ccc2c(c1)NC(=O)CO2. The predicted octanol–water partition coefficient (Wildman–Crippen LogP) is 1.95. The Kier molecular flexibility index (Phi) is 4.89. The van der Waals surface area contributed by atoms with Gasteiger partial charge in [-0.25, -0.2) is 4.79 Å². The molecule has 3 rings (SSSR count). The number of nitrogens with one attached hydrogen (secondary N) is 3. The van der Waals surface area contributed by atoms with E-state index in [4.69, 9.17) is 9.47 Å². The lowest BCUT2D eigenvalue weighted by atomic mass is 10.1. The summed E-state index contributed by atoms with van der Waals surface area (Å²) in [5.74, 6) is 0.463. The molecule has 2 heterocycles. The number of amides is 3. The van der Waals surface area contributed by atoms with Crippen LogP contribution in [0.25, 0.3) is 0 Å². The minimum absolute atomic E-state index is 0.0314. The largest absolute Gasteiger partial charge is 0.482 e. The molecule has 0 bridgehead atoms. The maximum atomic E-state index is 12.2. The van der Waals surface area contributed by atoms with E-state index in [0.717, 1.165) is 25.0 Å². The maximum Gasteiger partial charge on any atom is 0.315 e. The van der Waals surface area contributed by atoms with Crippen LogP contribution in [0.15, 0.2) is 18.2 Å². The van der Waals surface area contributed by atoms with Crippen LogP contribution in [0.2, 0.25) is 0 Å². The molecule has 130 valence electrons. The molecule has 1 saturated heterocycles. The molecular weight excluding hydrogens is 310 g/mol. The van der Waals surface area contributed by atoms with Crippen molar-refractivity contribution in [2.75, 3.05) is 18.5 Å². The molecule has 0 spiro atoms. The van der Waals surface area contributed by atoms with Gasteiger partial charge in [-0.2, -0.15) is 0 Å². The third-order valence-corrected chi connectivity index (χ3v) is 4.37. The van der Waals surface area contributed by atoms with Gasteiger partial charge in [0.1, 0.15) is 5.75 Å². The van der Waals surface area contributed by atoms with Gasteiger partial charge in [-0.1, -0.05) is 6.07 Å². The van der Waals surface area contributed by atoms with Crippen LogP contribution >= 0.6 is 0 Å². The zero-order valence-corrected chi connectivity index (χ0v) is 13.9. The molecular formula is C17H23N3O4. The monoisotopic (exact) mass is 333 g/mol. The van der Waals surface area contributed by atoms with E-state index in [-0.39, 0.29) is 36.7 Å². The molecule has 0 saturated carbocycles. The van der Waals surface area contributed by atoms with E-state index >= 15 is 0 Å². The molecule has 24 heavy (non-hydrogen) atoms. The molecule has 3 atom stereocenters. The van der Waals surface area contributed by atoms with Crippen LogP contribution in [0.1, 0.15) is 38.3 Å². The molecule has 2 aliphatic heterocycles. The highest BCUT2D eigenvalue weighted by molar-refractivity contribution is 5.95. The number of carbonyl (C=O) groups excluding carboxylic acids is 2. The van der Waals surface area contributed by atoms with Gasteiger partial charge in [0.2, 0.25) is 0 Å². The molecule has 3 N–H and O–H groups in total. The number of carbonyl (C=O) groups is 2. The van der Waals surface area contributed by atoms with E-state index in [1.807, 2.05) is 26.0 Å². The fourth-order valence-corrected chi connectivity index (χ4v) is 2.99. The topological polar surface area (TPSA) is 88.7 Å². The standard InChI is InChI=1S/C17H23N3O4/c1-10(18-17(22)19-11(2)14-4-3-7-23-14)12-5-6-15-13(8-12)20-16(21)9-24-15/h5-6,8,10-11,14H,3-4,7,9H2,1-2H3,(H,20,21)(H2,18,19,22)/t10-,11-,14-/m0/s1. The maximum absolute atomic E-state index is 12.2. The lowest BCUT2D eigenvalue weighted by molar-refractivity contribution is -0.118. The highest BCUT2D eigenvalue weighted by atomic mass is 16.5. The van der Waals surface area contributed by atoms with Crippen molar-refractivity contribution < 1.29 is 19.1 Å². The first-order chi connectivity index (χ1) is 11.5. The van der Waals surface area contributed by atoms with Crippen molar-refractivity contribution in [2.24, 2.45) is 0 Å². The molecule has 1 aromatic carbocycles. The highest BCUT2D eigenvalue weighted by Gasteiger charge is 2.24. The average molecular weight is 333 g/mol. The molecule has 1 fully saturated rings. The second-order valence-corrected chi connectivity index (χ2v) is 6.27. The van der Waals surface area contributed by atoms with E-state index in [2.05, 4.69) is 16.0 Å². The van der Waals surface area contributed by atoms with Gasteiger partial charge in [0.15, 0.2) is 6.61 Å². The van der Waals surface area contributed by atoms with Crippen molar-refractivity contribution >= 4 is 17.6 Å². The first-order valence-electron chi connectivity index (χ1n) is 8.28. The molecule has 2 aliphatic rings. The molecule has 7 nitrogen and oxygen atoms in total.